The minimum absolute atomic E-state index is 0.0860. The topological polar surface area (TPSA) is 97.8 Å². The molecular weight excluding hydrogens is 254 g/mol. The molecule has 104 valence electrons. The molecule has 0 aliphatic rings. The van der Waals surface area contributed by atoms with Crippen LogP contribution in [0.1, 0.15) is 23.4 Å². The molecule has 2 aromatic heterocycles. The van der Waals surface area contributed by atoms with Gasteiger partial charge in [-0.1, -0.05) is 0 Å². The average molecular weight is 271 g/mol. The van der Waals surface area contributed by atoms with Gasteiger partial charge < -0.3 is 10.5 Å². The van der Waals surface area contributed by atoms with Crippen molar-refractivity contribution < 1.29 is 4.74 Å². The lowest BCUT2D eigenvalue weighted by Gasteiger charge is -2.07. The predicted octanol–water partition coefficient (Wildman–Crippen LogP) is 1.48. The van der Waals surface area contributed by atoms with Crippen molar-refractivity contribution in [2.24, 2.45) is 5.73 Å². The Hall–Kier alpha value is -2.50. The molecule has 2 rings (SSSR count). The lowest BCUT2D eigenvalue weighted by Crippen LogP contribution is -2.15. The van der Waals surface area contributed by atoms with Gasteiger partial charge in [-0.15, -0.1) is 0 Å². The molecule has 0 radical (unpaired) electrons. The second kappa shape index (κ2) is 6.60. The fourth-order valence-electron chi connectivity index (χ4n) is 1.73. The van der Waals surface area contributed by atoms with Crippen LogP contribution in [-0.4, -0.2) is 27.4 Å². The molecule has 0 bridgehead atoms. The van der Waals surface area contributed by atoms with Crippen LogP contribution in [-0.2, 0) is 6.42 Å². The normalized spacial score (nSPS) is 10.2. The lowest BCUT2D eigenvalue weighted by atomic mass is 10.1. The quantitative estimate of drug-likeness (QED) is 0.471. The van der Waals surface area contributed by atoms with E-state index in [0.29, 0.717) is 12.3 Å². The van der Waals surface area contributed by atoms with Crippen molar-refractivity contribution in [1.82, 2.24) is 15.0 Å². The first kappa shape index (κ1) is 13.9. The Morgan fingerprint density at radius 1 is 1.30 bits per heavy atom. The smallest absolute Gasteiger partial charge is 0.317 e. The number of nitrogens with one attached hydrogen (secondary N) is 1. The number of nitrogens with two attached hydrogens (primary N) is 1. The van der Waals surface area contributed by atoms with E-state index >= 15 is 0 Å². The van der Waals surface area contributed by atoms with E-state index in [-0.39, 0.29) is 11.8 Å². The number of aromatic nitrogens is 3. The number of aryl methyl sites for hydroxylation is 2. The molecule has 2 heterocycles. The van der Waals surface area contributed by atoms with Gasteiger partial charge >= 0.3 is 6.01 Å². The zero-order valence-electron chi connectivity index (χ0n) is 11.3. The number of hydrogen-bond acceptors (Lipinski definition) is 5. The summed E-state index contributed by atoms with van der Waals surface area (Å²) in [6.07, 6.45) is 5.32. The number of nitrogens with zero attached hydrogens (tertiary/aromatic N) is 3. The van der Waals surface area contributed by atoms with Crippen molar-refractivity contribution >= 4 is 5.84 Å². The molecular formula is C14H17N5O. The zero-order chi connectivity index (χ0) is 14.4. The van der Waals surface area contributed by atoms with E-state index in [1.54, 1.807) is 18.5 Å². The third-order valence-electron chi connectivity index (χ3n) is 2.70. The molecule has 0 atom stereocenters. The van der Waals surface area contributed by atoms with Gasteiger partial charge in [-0.2, -0.15) is 4.98 Å². The number of nitrogen functional groups attached to an aromatic ring is 1. The van der Waals surface area contributed by atoms with E-state index in [1.165, 1.54) is 5.56 Å². The maximum Gasteiger partial charge on any atom is 0.317 e. The van der Waals surface area contributed by atoms with Crippen LogP contribution < -0.4 is 10.5 Å². The largest absolute Gasteiger partial charge is 0.463 e. The molecule has 0 saturated heterocycles. The first-order valence-corrected chi connectivity index (χ1v) is 6.37. The Morgan fingerprint density at radius 3 is 2.75 bits per heavy atom. The minimum Gasteiger partial charge on any atom is -0.463 e. The number of rotatable bonds is 6. The summed E-state index contributed by atoms with van der Waals surface area (Å²) in [5, 5.41) is 7.38. The summed E-state index contributed by atoms with van der Waals surface area (Å²) in [6, 6.07) is 5.89. The first-order chi connectivity index (χ1) is 9.65. The molecule has 0 unspecified atom stereocenters. The molecule has 0 saturated carbocycles. The fraction of sp³-hybridized carbons (Fsp3) is 0.286. The van der Waals surface area contributed by atoms with Crippen molar-refractivity contribution in [3.63, 3.8) is 0 Å². The SMILES string of the molecule is Cc1cc(C(=N)N)nc(OCCCc2ccncc2)n1. The Balaban J connectivity index is 1.86. The Morgan fingerprint density at radius 2 is 2.05 bits per heavy atom. The van der Waals surface area contributed by atoms with Crippen LogP contribution in [0.25, 0.3) is 0 Å². The van der Waals surface area contributed by atoms with Crippen LogP contribution in [0.4, 0.5) is 0 Å². The molecule has 0 fully saturated rings. The highest BCUT2D eigenvalue weighted by Gasteiger charge is 2.05. The second-order valence-corrected chi connectivity index (χ2v) is 4.40. The molecule has 0 aliphatic carbocycles. The molecule has 2 aromatic rings. The van der Waals surface area contributed by atoms with Crippen LogP contribution in [0.2, 0.25) is 0 Å². The van der Waals surface area contributed by atoms with Gasteiger partial charge in [-0.3, -0.25) is 10.4 Å². The van der Waals surface area contributed by atoms with Crippen LogP contribution in [0.5, 0.6) is 6.01 Å². The number of ether oxygens (including phenoxy) is 1. The highest BCUT2D eigenvalue weighted by molar-refractivity contribution is 5.93. The number of hydrogen-bond donors (Lipinski definition) is 2. The van der Waals surface area contributed by atoms with Crippen molar-refractivity contribution in [1.29, 1.82) is 5.41 Å². The molecule has 0 aliphatic heterocycles. The van der Waals surface area contributed by atoms with Crippen LogP contribution in [0.15, 0.2) is 30.6 Å². The summed E-state index contributed by atoms with van der Waals surface area (Å²) in [7, 11) is 0. The summed E-state index contributed by atoms with van der Waals surface area (Å²) < 4.78 is 5.51. The number of amidine groups is 1. The summed E-state index contributed by atoms with van der Waals surface area (Å²) in [6.45, 7) is 2.33. The molecule has 6 nitrogen and oxygen atoms in total. The van der Waals surface area contributed by atoms with Gasteiger partial charge in [0.15, 0.2) is 0 Å². The third kappa shape index (κ3) is 4.01. The highest BCUT2D eigenvalue weighted by Crippen LogP contribution is 2.08. The monoisotopic (exact) mass is 271 g/mol. The maximum atomic E-state index is 7.38. The van der Waals surface area contributed by atoms with E-state index in [1.807, 2.05) is 19.1 Å². The Kier molecular flexibility index (Phi) is 4.60. The maximum absolute atomic E-state index is 7.38. The van der Waals surface area contributed by atoms with Gasteiger partial charge in [-0.25, -0.2) is 4.98 Å². The summed E-state index contributed by atoms with van der Waals surface area (Å²) in [5.74, 6) is -0.0860. The highest BCUT2D eigenvalue weighted by atomic mass is 16.5. The van der Waals surface area contributed by atoms with Gasteiger partial charge in [-0.05, 0) is 43.5 Å². The van der Waals surface area contributed by atoms with Gasteiger partial charge in [0, 0.05) is 18.1 Å². The summed E-state index contributed by atoms with van der Waals surface area (Å²) in [4.78, 5) is 12.2. The molecule has 3 N–H and O–H groups in total. The van der Waals surface area contributed by atoms with Crippen LogP contribution in [0, 0.1) is 12.3 Å². The second-order valence-electron chi connectivity index (χ2n) is 4.40. The van der Waals surface area contributed by atoms with Crippen molar-refractivity contribution in [3.05, 3.63) is 47.5 Å². The molecule has 0 amide bonds. The Labute approximate surface area is 117 Å². The van der Waals surface area contributed by atoms with Crippen molar-refractivity contribution in [2.45, 2.75) is 19.8 Å². The van der Waals surface area contributed by atoms with Crippen molar-refractivity contribution in [3.8, 4) is 6.01 Å². The van der Waals surface area contributed by atoms with Gasteiger partial charge in [0.05, 0.1) is 6.61 Å². The summed E-state index contributed by atoms with van der Waals surface area (Å²) >= 11 is 0. The van der Waals surface area contributed by atoms with Gasteiger partial charge in [0.1, 0.15) is 11.5 Å². The van der Waals surface area contributed by atoms with E-state index in [4.69, 9.17) is 15.9 Å². The molecule has 0 aromatic carbocycles. The average Bonchev–Trinajstić information content (AvgIpc) is 2.44. The number of pyridine rings is 1. The van der Waals surface area contributed by atoms with E-state index in [2.05, 4.69) is 15.0 Å². The van der Waals surface area contributed by atoms with Crippen molar-refractivity contribution in [2.75, 3.05) is 6.61 Å². The molecule has 0 spiro atoms. The van der Waals surface area contributed by atoms with Crippen LogP contribution in [0.3, 0.4) is 0 Å². The van der Waals surface area contributed by atoms with Crippen LogP contribution >= 0.6 is 0 Å². The third-order valence-corrected chi connectivity index (χ3v) is 2.70. The molecule has 6 heteroatoms. The van der Waals surface area contributed by atoms with E-state index in [9.17, 15) is 0 Å². The standard InChI is InChI=1S/C14H17N5O/c1-10-9-12(13(15)16)19-14(18-10)20-8-2-3-11-4-6-17-7-5-11/h4-7,9H,2-3,8H2,1H3,(H3,15,16). The lowest BCUT2D eigenvalue weighted by molar-refractivity contribution is 0.286. The van der Waals surface area contributed by atoms with Gasteiger partial charge in [0.2, 0.25) is 0 Å². The summed E-state index contributed by atoms with van der Waals surface area (Å²) in [5.41, 5.74) is 7.76. The van der Waals surface area contributed by atoms with Gasteiger partial charge in [0.25, 0.3) is 0 Å². The van der Waals surface area contributed by atoms with E-state index < -0.39 is 0 Å². The zero-order valence-corrected chi connectivity index (χ0v) is 11.3. The fourth-order valence-corrected chi connectivity index (χ4v) is 1.73. The minimum atomic E-state index is -0.0860. The predicted molar refractivity (Wildman–Crippen MR) is 75.8 cm³/mol. The van der Waals surface area contributed by atoms with E-state index in [0.717, 1.165) is 18.5 Å². The Bertz CT molecular complexity index is 585. The first-order valence-electron chi connectivity index (χ1n) is 6.37. The molecule has 20 heavy (non-hydrogen) atoms.